The Bertz CT molecular complexity index is 850. The minimum atomic E-state index is -0.904. The fraction of sp³-hybridized carbons (Fsp3) is 0.238. The minimum absolute atomic E-state index is 0.326. The number of hydrogen-bond acceptors (Lipinski definition) is 2. The van der Waals surface area contributed by atoms with Crippen molar-refractivity contribution in [1.82, 2.24) is 9.55 Å². The van der Waals surface area contributed by atoms with Crippen LogP contribution in [-0.4, -0.2) is 20.6 Å². The molecule has 0 atom stereocenters. The monoisotopic (exact) mass is 334 g/mol. The van der Waals surface area contributed by atoms with Gasteiger partial charge in [0.05, 0.1) is 5.56 Å². The van der Waals surface area contributed by atoms with Gasteiger partial charge in [0.25, 0.3) is 0 Å². The Morgan fingerprint density at radius 2 is 1.88 bits per heavy atom. The van der Waals surface area contributed by atoms with Gasteiger partial charge < -0.3 is 9.67 Å². The zero-order chi connectivity index (χ0) is 17.6. The predicted octanol–water partition coefficient (Wildman–Crippen LogP) is 4.64. The Balaban J connectivity index is 1.80. The Kier molecular flexibility index (Phi) is 5.29. The molecular formula is C21H22N2O2. The van der Waals surface area contributed by atoms with E-state index >= 15 is 0 Å². The molecule has 4 heteroatoms. The van der Waals surface area contributed by atoms with Crippen molar-refractivity contribution < 1.29 is 9.90 Å². The molecule has 0 amide bonds. The second-order valence-electron chi connectivity index (χ2n) is 6.12. The van der Waals surface area contributed by atoms with Crippen LogP contribution in [0.5, 0.6) is 0 Å². The van der Waals surface area contributed by atoms with Crippen LogP contribution in [0.4, 0.5) is 0 Å². The number of carboxylic acid groups (broad SMARTS) is 1. The lowest BCUT2D eigenvalue weighted by atomic mass is 9.99. The summed E-state index contributed by atoms with van der Waals surface area (Å²) in [6.07, 6.45) is 7.15. The van der Waals surface area contributed by atoms with Crippen molar-refractivity contribution in [1.29, 1.82) is 0 Å². The number of carbonyl (C=O) groups is 1. The van der Waals surface area contributed by atoms with Crippen LogP contribution < -0.4 is 0 Å². The third-order valence-electron chi connectivity index (χ3n) is 4.33. The maximum absolute atomic E-state index is 11.4. The zero-order valence-electron chi connectivity index (χ0n) is 14.4. The number of aromatic carboxylic acids is 1. The Hall–Kier alpha value is -2.88. The first-order valence-corrected chi connectivity index (χ1v) is 8.60. The number of aromatic nitrogens is 2. The molecule has 3 rings (SSSR count). The van der Waals surface area contributed by atoms with Gasteiger partial charge in [-0.1, -0.05) is 55.8 Å². The first-order chi connectivity index (χ1) is 12.2. The third-order valence-corrected chi connectivity index (χ3v) is 4.33. The van der Waals surface area contributed by atoms with Crippen LogP contribution in [0.3, 0.4) is 0 Å². The van der Waals surface area contributed by atoms with Gasteiger partial charge in [0, 0.05) is 25.4 Å². The molecule has 0 aliphatic rings. The maximum Gasteiger partial charge on any atom is 0.336 e. The first kappa shape index (κ1) is 17.0. The van der Waals surface area contributed by atoms with E-state index in [2.05, 4.69) is 28.6 Å². The van der Waals surface area contributed by atoms with Gasteiger partial charge in [0.1, 0.15) is 5.82 Å². The minimum Gasteiger partial charge on any atom is -0.478 e. The number of rotatable bonds is 7. The predicted molar refractivity (Wildman–Crippen MR) is 98.8 cm³/mol. The van der Waals surface area contributed by atoms with Crippen LogP contribution in [-0.2, 0) is 13.0 Å². The second kappa shape index (κ2) is 7.79. The van der Waals surface area contributed by atoms with Gasteiger partial charge in [-0.3, -0.25) is 0 Å². The van der Waals surface area contributed by atoms with Gasteiger partial charge in [-0.2, -0.15) is 0 Å². The van der Waals surface area contributed by atoms with Crippen LogP contribution in [0.1, 0.15) is 41.5 Å². The van der Waals surface area contributed by atoms with Crippen molar-refractivity contribution in [2.45, 2.75) is 32.7 Å². The molecule has 1 aromatic heterocycles. The van der Waals surface area contributed by atoms with E-state index in [1.165, 1.54) is 5.56 Å². The number of aryl methyl sites for hydroxylation is 1. The highest BCUT2D eigenvalue weighted by molar-refractivity contribution is 5.95. The quantitative estimate of drug-likeness (QED) is 0.685. The van der Waals surface area contributed by atoms with Crippen LogP contribution in [0, 0.1) is 0 Å². The Labute approximate surface area is 147 Å². The summed E-state index contributed by atoms with van der Waals surface area (Å²) in [4.78, 5) is 15.8. The van der Waals surface area contributed by atoms with Crippen LogP contribution in [0.15, 0.2) is 60.9 Å². The summed E-state index contributed by atoms with van der Waals surface area (Å²) in [5, 5.41) is 9.34. The van der Waals surface area contributed by atoms with Crippen LogP contribution >= 0.6 is 0 Å². The fourth-order valence-electron chi connectivity index (χ4n) is 2.95. The number of nitrogens with zero attached hydrogens (tertiary/aromatic N) is 2. The molecule has 1 N–H and O–H groups in total. The molecule has 0 spiro atoms. The lowest BCUT2D eigenvalue weighted by Crippen LogP contribution is -2.04. The third kappa shape index (κ3) is 3.97. The van der Waals surface area contributed by atoms with Gasteiger partial charge in [-0.15, -0.1) is 0 Å². The first-order valence-electron chi connectivity index (χ1n) is 8.60. The van der Waals surface area contributed by atoms with Gasteiger partial charge >= 0.3 is 5.97 Å². The molecule has 0 bridgehead atoms. The van der Waals surface area contributed by atoms with Gasteiger partial charge in [0.2, 0.25) is 0 Å². The molecule has 25 heavy (non-hydrogen) atoms. The highest BCUT2D eigenvalue weighted by Crippen LogP contribution is 2.24. The van der Waals surface area contributed by atoms with E-state index in [-0.39, 0.29) is 0 Å². The lowest BCUT2D eigenvalue weighted by Gasteiger charge is -2.10. The van der Waals surface area contributed by atoms with Gasteiger partial charge in [-0.25, -0.2) is 9.78 Å². The lowest BCUT2D eigenvalue weighted by molar-refractivity contribution is 0.0697. The molecule has 1 heterocycles. The van der Waals surface area contributed by atoms with Crippen molar-refractivity contribution in [2.24, 2.45) is 0 Å². The molecule has 3 aromatic rings. The molecule has 128 valence electrons. The van der Waals surface area contributed by atoms with E-state index in [0.29, 0.717) is 5.56 Å². The Morgan fingerprint density at radius 1 is 1.12 bits per heavy atom. The second-order valence-corrected chi connectivity index (χ2v) is 6.12. The van der Waals surface area contributed by atoms with Crippen LogP contribution in [0.25, 0.3) is 11.1 Å². The molecule has 0 aliphatic carbocycles. The molecule has 0 radical (unpaired) electrons. The molecule has 0 aliphatic heterocycles. The number of unbranched alkanes of at least 4 members (excludes halogenated alkanes) is 1. The van der Waals surface area contributed by atoms with E-state index in [1.807, 2.05) is 36.7 Å². The van der Waals surface area contributed by atoms with Crippen molar-refractivity contribution in [3.8, 4) is 11.1 Å². The number of hydrogen-bond donors (Lipinski definition) is 1. The summed E-state index contributed by atoms with van der Waals surface area (Å²) in [5.41, 5.74) is 3.16. The van der Waals surface area contributed by atoms with E-state index in [4.69, 9.17) is 0 Å². The van der Waals surface area contributed by atoms with Crippen molar-refractivity contribution >= 4 is 5.97 Å². The molecule has 2 aromatic carbocycles. The van der Waals surface area contributed by atoms with Crippen molar-refractivity contribution in [3.05, 3.63) is 77.9 Å². The highest BCUT2D eigenvalue weighted by atomic mass is 16.4. The van der Waals surface area contributed by atoms with Crippen LogP contribution in [0.2, 0.25) is 0 Å². The fourth-order valence-corrected chi connectivity index (χ4v) is 2.95. The normalized spacial score (nSPS) is 10.8. The summed E-state index contributed by atoms with van der Waals surface area (Å²) < 4.78 is 2.18. The molecular weight excluding hydrogens is 312 g/mol. The van der Waals surface area contributed by atoms with Crippen molar-refractivity contribution in [2.75, 3.05) is 0 Å². The summed E-state index contributed by atoms with van der Waals surface area (Å²) in [6.45, 7) is 2.96. The average Bonchev–Trinajstić information content (AvgIpc) is 3.07. The summed E-state index contributed by atoms with van der Waals surface area (Å²) in [6, 6.07) is 15.2. The highest BCUT2D eigenvalue weighted by Gasteiger charge is 2.10. The summed E-state index contributed by atoms with van der Waals surface area (Å²) >= 11 is 0. The zero-order valence-corrected chi connectivity index (χ0v) is 14.4. The Morgan fingerprint density at radius 3 is 2.60 bits per heavy atom. The van der Waals surface area contributed by atoms with E-state index in [9.17, 15) is 9.90 Å². The molecule has 0 fully saturated rings. The summed E-state index contributed by atoms with van der Waals surface area (Å²) in [7, 11) is 0. The molecule has 0 unspecified atom stereocenters. The average molecular weight is 334 g/mol. The van der Waals surface area contributed by atoms with Gasteiger partial charge in [0.15, 0.2) is 0 Å². The standard InChI is InChI=1S/C21H22N2O2/c1-2-3-8-20-22-13-14-23(20)15-16-9-11-17(12-10-16)18-6-4-5-7-19(18)21(24)25/h4-7,9-14H,2-3,8,15H2,1H3,(H,24,25). The molecule has 4 nitrogen and oxygen atoms in total. The topological polar surface area (TPSA) is 55.1 Å². The molecule has 0 saturated heterocycles. The van der Waals surface area contributed by atoms with E-state index in [0.717, 1.165) is 42.8 Å². The number of imidazole rings is 1. The number of carboxylic acids is 1. The van der Waals surface area contributed by atoms with E-state index < -0.39 is 5.97 Å². The largest absolute Gasteiger partial charge is 0.478 e. The summed E-state index contributed by atoms with van der Waals surface area (Å²) in [5.74, 6) is 0.209. The maximum atomic E-state index is 11.4. The van der Waals surface area contributed by atoms with Crippen molar-refractivity contribution in [3.63, 3.8) is 0 Å². The molecule has 0 saturated carbocycles. The number of benzene rings is 2. The SMILES string of the molecule is CCCCc1nccn1Cc1ccc(-c2ccccc2C(=O)O)cc1. The van der Waals surface area contributed by atoms with E-state index in [1.54, 1.807) is 12.1 Å². The van der Waals surface area contributed by atoms with Gasteiger partial charge in [-0.05, 0) is 29.2 Å². The smallest absolute Gasteiger partial charge is 0.336 e.